The van der Waals surface area contributed by atoms with Gasteiger partial charge in [-0.25, -0.2) is 14.6 Å². The summed E-state index contributed by atoms with van der Waals surface area (Å²) >= 11 is 0. The summed E-state index contributed by atoms with van der Waals surface area (Å²) in [5.41, 5.74) is 3.69. The molecule has 1 aliphatic carbocycles. The molecular weight excluding hydrogens is 354 g/mol. The molecule has 2 aromatic heterocycles. The Balaban J connectivity index is 1.55. The van der Waals surface area contributed by atoms with Crippen LogP contribution in [-0.4, -0.2) is 37.9 Å². The molecule has 1 N–H and O–H groups in total. The number of hydrogen-bond acceptors (Lipinski definition) is 5. The second-order valence-corrected chi connectivity index (χ2v) is 7.01. The zero-order valence-corrected chi connectivity index (χ0v) is 15.6. The Morgan fingerprint density at radius 2 is 2.00 bits per heavy atom. The van der Waals surface area contributed by atoms with E-state index in [1.807, 2.05) is 36.4 Å². The van der Waals surface area contributed by atoms with Gasteiger partial charge in [0.25, 0.3) is 0 Å². The van der Waals surface area contributed by atoms with Crippen LogP contribution in [0.4, 0.5) is 0 Å². The number of benzene rings is 2. The molecule has 1 aliphatic rings. The van der Waals surface area contributed by atoms with Crippen molar-refractivity contribution >= 4 is 11.0 Å². The zero-order chi connectivity index (χ0) is 18.9. The van der Waals surface area contributed by atoms with Gasteiger partial charge in [0.15, 0.2) is 0 Å². The molecule has 5 rings (SSSR count). The number of nitrogens with one attached hydrogen (secondary N) is 1. The van der Waals surface area contributed by atoms with Crippen LogP contribution in [0.15, 0.2) is 49.1 Å². The van der Waals surface area contributed by atoms with Gasteiger partial charge in [-0.15, -0.1) is 0 Å². The van der Waals surface area contributed by atoms with Gasteiger partial charge in [0.1, 0.15) is 30.0 Å². The Morgan fingerprint density at radius 3 is 2.79 bits per heavy atom. The third kappa shape index (κ3) is 3.09. The Bertz CT molecular complexity index is 1100. The maximum absolute atomic E-state index is 6.32. The molecule has 0 bridgehead atoms. The van der Waals surface area contributed by atoms with Gasteiger partial charge < -0.3 is 14.5 Å². The number of aromatic nitrogens is 5. The number of imidazole rings is 1. The van der Waals surface area contributed by atoms with E-state index in [1.165, 1.54) is 19.2 Å². The van der Waals surface area contributed by atoms with Crippen molar-refractivity contribution in [2.24, 2.45) is 0 Å². The smallest absolute Gasteiger partial charge is 0.142 e. The average Bonchev–Trinajstić information content (AvgIpc) is 3.48. The van der Waals surface area contributed by atoms with Crippen molar-refractivity contribution in [3.05, 3.63) is 49.1 Å². The summed E-state index contributed by atoms with van der Waals surface area (Å²) in [7, 11) is 1.67. The molecule has 2 heterocycles. The zero-order valence-electron chi connectivity index (χ0n) is 15.6. The van der Waals surface area contributed by atoms with Crippen molar-refractivity contribution in [1.82, 2.24) is 24.7 Å². The van der Waals surface area contributed by atoms with Crippen LogP contribution in [0.25, 0.3) is 28.1 Å². The van der Waals surface area contributed by atoms with Crippen molar-refractivity contribution in [3.8, 4) is 28.6 Å². The minimum Gasteiger partial charge on any atom is -0.497 e. The van der Waals surface area contributed by atoms with E-state index in [0.29, 0.717) is 0 Å². The summed E-state index contributed by atoms with van der Waals surface area (Å²) in [5.74, 6) is 2.37. The second-order valence-electron chi connectivity index (χ2n) is 7.01. The molecule has 1 fully saturated rings. The number of ether oxygens (including phenoxy) is 2. The number of fused-ring (bicyclic) bond motifs is 1. The number of rotatable bonds is 5. The number of hydrogen-bond donors (Lipinski definition) is 1. The van der Waals surface area contributed by atoms with Crippen LogP contribution >= 0.6 is 0 Å². The summed E-state index contributed by atoms with van der Waals surface area (Å²) < 4.78 is 13.4. The topological polar surface area (TPSA) is 77.9 Å². The van der Waals surface area contributed by atoms with Gasteiger partial charge in [-0.05, 0) is 56.0 Å². The van der Waals surface area contributed by atoms with Gasteiger partial charge in [-0.3, -0.25) is 0 Å². The molecule has 2 aromatic carbocycles. The maximum Gasteiger partial charge on any atom is 0.142 e. The second kappa shape index (κ2) is 6.99. The van der Waals surface area contributed by atoms with Gasteiger partial charge in [-0.2, -0.15) is 5.10 Å². The molecule has 28 heavy (non-hydrogen) atoms. The molecule has 7 heteroatoms. The molecule has 142 valence electrons. The lowest BCUT2D eigenvalue weighted by Crippen LogP contribution is -2.11. The first-order valence-electron chi connectivity index (χ1n) is 9.50. The lowest BCUT2D eigenvalue weighted by Gasteiger charge is -2.16. The van der Waals surface area contributed by atoms with Crippen LogP contribution in [0.3, 0.4) is 0 Å². The highest BCUT2D eigenvalue weighted by molar-refractivity contribution is 5.82. The quantitative estimate of drug-likeness (QED) is 0.567. The fourth-order valence-corrected chi connectivity index (χ4v) is 3.72. The SMILES string of the molecule is COc1ccc(-c2nc3ccc(-n4cncn4)cc3[nH]2)c(OC2CCCC2)c1. The van der Waals surface area contributed by atoms with Crippen molar-refractivity contribution in [1.29, 1.82) is 0 Å². The molecule has 0 saturated heterocycles. The van der Waals surface area contributed by atoms with Crippen LogP contribution in [-0.2, 0) is 0 Å². The fourth-order valence-electron chi connectivity index (χ4n) is 3.72. The summed E-state index contributed by atoms with van der Waals surface area (Å²) in [6.45, 7) is 0. The molecule has 0 radical (unpaired) electrons. The highest BCUT2D eigenvalue weighted by Crippen LogP contribution is 2.35. The van der Waals surface area contributed by atoms with E-state index in [-0.39, 0.29) is 6.10 Å². The van der Waals surface area contributed by atoms with E-state index in [1.54, 1.807) is 18.1 Å². The molecule has 4 aromatic rings. The highest BCUT2D eigenvalue weighted by atomic mass is 16.5. The van der Waals surface area contributed by atoms with Crippen LogP contribution in [0.5, 0.6) is 11.5 Å². The molecule has 0 aliphatic heterocycles. The average molecular weight is 375 g/mol. The largest absolute Gasteiger partial charge is 0.497 e. The van der Waals surface area contributed by atoms with E-state index in [9.17, 15) is 0 Å². The van der Waals surface area contributed by atoms with Gasteiger partial charge in [0.05, 0.1) is 35.5 Å². The Hall–Kier alpha value is -3.35. The molecule has 0 unspecified atom stereocenters. The predicted molar refractivity (Wildman–Crippen MR) is 106 cm³/mol. The summed E-state index contributed by atoms with van der Waals surface area (Å²) in [6.07, 6.45) is 8.09. The van der Waals surface area contributed by atoms with E-state index in [0.717, 1.165) is 52.4 Å². The molecule has 0 atom stereocenters. The van der Waals surface area contributed by atoms with Crippen molar-refractivity contribution in [3.63, 3.8) is 0 Å². The van der Waals surface area contributed by atoms with Crippen molar-refractivity contribution in [2.45, 2.75) is 31.8 Å². The van der Waals surface area contributed by atoms with Crippen LogP contribution in [0.1, 0.15) is 25.7 Å². The highest BCUT2D eigenvalue weighted by Gasteiger charge is 2.20. The van der Waals surface area contributed by atoms with E-state index in [2.05, 4.69) is 15.1 Å². The number of aromatic amines is 1. The summed E-state index contributed by atoms with van der Waals surface area (Å²) in [5, 5.41) is 4.19. The minimum atomic E-state index is 0.258. The monoisotopic (exact) mass is 375 g/mol. The third-order valence-corrected chi connectivity index (χ3v) is 5.19. The lowest BCUT2D eigenvalue weighted by molar-refractivity contribution is 0.210. The normalized spacial score (nSPS) is 14.6. The third-order valence-electron chi connectivity index (χ3n) is 5.19. The number of nitrogens with zero attached hydrogens (tertiary/aromatic N) is 4. The van der Waals surface area contributed by atoms with E-state index < -0.39 is 0 Å². The minimum absolute atomic E-state index is 0.258. The number of H-pyrrole nitrogens is 1. The first kappa shape index (κ1) is 16.8. The summed E-state index contributed by atoms with van der Waals surface area (Å²) in [4.78, 5) is 12.2. The molecule has 0 amide bonds. The molecule has 0 spiro atoms. The molecule has 7 nitrogen and oxygen atoms in total. The number of methoxy groups -OCH3 is 1. The fraction of sp³-hybridized carbons (Fsp3) is 0.286. The van der Waals surface area contributed by atoms with Gasteiger partial charge >= 0.3 is 0 Å². The molecular formula is C21H21N5O2. The maximum atomic E-state index is 6.32. The lowest BCUT2D eigenvalue weighted by atomic mass is 10.1. The van der Waals surface area contributed by atoms with Crippen molar-refractivity contribution in [2.75, 3.05) is 7.11 Å². The van der Waals surface area contributed by atoms with Gasteiger partial charge in [-0.1, -0.05) is 0 Å². The van der Waals surface area contributed by atoms with E-state index >= 15 is 0 Å². The van der Waals surface area contributed by atoms with Crippen LogP contribution in [0, 0.1) is 0 Å². The standard InChI is InChI=1S/C21H21N5O2/c1-27-16-7-8-17(20(11-16)28-15-4-2-3-5-15)21-24-18-9-6-14(10-19(18)25-21)26-13-22-12-23-26/h6-13,15H,2-5H2,1H3,(H,24,25). The van der Waals surface area contributed by atoms with E-state index in [4.69, 9.17) is 14.5 Å². The Kier molecular flexibility index (Phi) is 4.20. The first-order chi connectivity index (χ1) is 13.8. The summed E-state index contributed by atoms with van der Waals surface area (Å²) in [6, 6.07) is 11.9. The van der Waals surface area contributed by atoms with Crippen LogP contribution < -0.4 is 9.47 Å². The van der Waals surface area contributed by atoms with Crippen LogP contribution in [0.2, 0.25) is 0 Å². The Labute approximate surface area is 162 Å². The predicted octanol–water partition coefficient (Wildman–Crippen LogP) is 4.14. The molecule has 1 saturated carbocycles. The van der Waals surface area contributed by atoms with Gasteiger partial charge in [0.2, 0.25) is 0 Å². The Morgan fingerprint density at radius 1 is 1.11 bits per heavy atom. The van der Waals surface area contributed by atoms with Gasteiger partial charge in [0, 0.05) is 6.07 Å². The van der Waals surface area contributed by atoms with Crippen molar-refractivity contribution < 1.29 is 9.47 Å². The first-order valence-corrected chi connectivity index (χ1v) is 9.50.